The number of phenols is 2. The van der Waals surface area contributed by atoms with Crippen molar-refractivity contribution >= 4 is 43.6 Å². The molecule has 56 heavy (non-hydrogen) atoms. The number of nitrogens with one attached hydrogen (secondary N) is 2. The van der Waals surface area contributed by atoms with Gasteiger partial charge in [0.2, 0.25) is 0 Å². The van der Waals surface area contributed by atoms with Crippen molar-refractivity contribution in [1.82, 2.24) is 9.44 Å². The second-order valence-electron chi connectivity index (χ2n) is 14.7. The normalized spacial score (nSPS) is 15.8. The summed E-state index contributed by atoms with van der Waals surface area (Å²) >= 11 is 0. The molecule has 2 saturated heterocycles. The maximum Gasteiger partial charge on any atom is 0.326 e. The first-order valence-corrected chi connectivity index (χ1v) is 20.9. The maximum atomic E-state index is 11.9. The van der Waals surface area contributed by atoms with Crippen molar-refractivity contribution in [1.29, 1.82) is 0 Å². The lowest BCUT2D eigenvalue weighted by molar-refractivity contribution is -0.118. The van der Waals surface area contributed by atoms with Gasteiger partial charge in [-0.25, -0.2) is 18.1 Å². The van der Waals surface area contributed by atoms with Gasteiger partial charge in [0.05, 0.1) is 11.4 Å². The van der Waals surface area contributed by atoms with Crippen LogP contribution in [0.15, 0.2) is 115 Å². The van der Waals surface area contributed by atoms with Gasteiger partial charge < -0.3 is 10.2 Å². The van der Waals surface area contributed by atoms with Crippen molar-refractivity contribution in [2.45, 2.75) is 51.9 Å². The third-order valence-corrected chi connectivity index (χ3v) is 12.3. The zero-order valence-corrected chi connectivity index (χ0v) is 32.9. The van der Waals surface area contributed by atoms with E-state index in [-0.39, 0.29) is 41.4 Å². The lowest BCUT2D eigenvalue weighted by Gasteiger charge is -2.19. The van der Waals surface area contributed by atoms with Crippen LogP contribution in [0.4, 0.5) is 11.4 Å². The van der Waals surface area contributed by atoms with E-state index in [2.05, 4.69) is 81.4 Å². The van der Waals surface area contributed by atoms with Gasteiger partial charge >= 0.3 is 20.4 Å². The molecule has 2 amide bonds. The van der Waals surface area contributed by atoms with Crippen molar-refractivity contribution in [3.05, 3.63) is 143 Å². The van der Waals surface area contributed by atoms with Gasteiger partial charge in [-0.3, -0.25) is 9.59 Å². The molecule has 0 saturated carbocycles. The van der Waals surface area contributed by atoms with Gasteiger partial charge in [-0.05, 0) is 94.3 Å². The molecule has 5 aromatic rings. The van der Waals surface area contributed by atoms with Crippen molar-refractivity contribution in [3.63, 3.8) is 0 Å². The average Bonchev–Trinajstić information content (AvgIpc) is 3.59. The van der Waals surface area contributed by atoms with E-state index in [1.165, 1.54) is 34.4 Å². The van der Waals surface area contributed by atoms with Gasteiger partial charge in [0.1, 0.15) is 24.6 Å². The smallest absolute Gasteiger partial charge is 0.326 e. The molecule has 12 nitrogen and oxygen atoms in total. The molecular formula is C42H44N4O8S2. The van der Waals surface area contributed by atoms with Crippen molar-refractivity contribution in [2.75, 3.05) is 21.7 Å². The highest BCUT2D eigenvalue weighted by atomic mass is 32.2. The number of aryl methyl sites for hydroxylation is 4. The highest BCUT2D eigenvalue weighted by Gasteiger charge is 2.36. The number of carbonyl (C=O) groups excluding carboxylic acids is 2. The molecular weight excluding hydrogens is 753 g/mol. The molecule has 4 N–H and O–H groups in total. The van der Waals surface area contributed by atoms with E-state index in [9.17, 15) is 36.6 Å². The molecule has 0 aliphatic carbocycles. The summed E-state index contributed by atoms with van der Waals surface area (Å²) in [4.78, 5) is 22.7. The molecule has 0 unspecified atom stereocenters. The maximum absolute atomic E-state index is 11.9. The Morgan fingerprint density at radius 1 is 0.536 bits per heavy atom. The molecule has 292 valence electrons. The van der Waals surface area contributed by atoms with Crippen molar-refractivity contribution in [2.24, 2.45) is 0 Å². The van der Waals surface area contributed by atoms with Crippen LogP contribution >= 0.6 is 0 Å². The molecule has 5 aromatic carbocycles. The summed E-state index contributed by atoms with van der Waals surface area (Å²) in [6.07, 6.45) is 3.01. The second kappa shape index (κ2) is 16.1. The number of anilines is 2. The number of benzene rings is 5. The van der Waals surface area contributed by atoms with E-state index in [1.54, 1.807) is 24.3 Å². The average molecular weight is 797 g/mol. The molecule has 0 radical (unpaired) electrons. The number of rotatable bonds is 9. The third-order valence-electron chi connectivity index (χ3n) is 9.54. The number of amides is 2. The minimum absolute atomic E-state index is 0.0966. The van der Waals surface area contributed by atoms with Crippen LogP contribution in [0.3, 0.4) is 0 Å². The quantitative estimate of drug-likeness (QED) is 0.148. The molecule has 0 aromatic heterocycles. The van der Waals surface area contributed by atoms with Gasteiger partial charge in [-0.15, -0.1) is 0 Å². The summed E-state index contributed by atoms with van der Waals surface area (Å²) in [6.45, 7) is 5.88. The van der Waals surface area contributed by atoms with Crippen LogP contribution in [0.5, 0.6) is 11.5 Å². The van der Waals surface area contributed by atoms with Crippen LogP contribution < -0.4 is 18.1 Å². The molecule has 2 aliphatic heterocycles. The number of phenolic OH excluding ortho intramolecular Hbond substituents is 2. The van der Waals surface area contributed by atoms with E-state index < -0.39 is 32.2 Å². The Bertz CT molecular complexity index is 2450. The first-order valence-electron chi connectivity index (χ1n) is 18.0. The number of hydrogen-bond donors (Lipinski definition) is 4. The van der Waals surface area contributed by atoms with E-state index in [4.69, 9.17) is 0 Å². The van der Waals surface area contributed by atoms with E-state index in [0.29, 0.717) is 12.8 Å². The van der Waals surface area contributed by atoms with E-state index in [1.807, 2.05) is 27.6 Å². The first-order chi connectivity index (χ1) is 26.5. The Kier molecular flexibility index (Phi) is 11.4. The van der Waals surface area contributed by atoms with Crippen molar-refractivity contribution in [3.8, 4) is 22.6 Å². The Morgan fingerprint density at radius 3 is 1.29 bits per heavy atom. The van der Waals surface area contributed by atoms with Gasteiger partial charge in [-0.1, -0.05) is 112 Å². The molecule has 2 aliphatic rings. The minimum Gasteiger partial charge on any atom is -0.506 e. The molecule has 7 rings (SSSR count). The molecule has 14 heteroatoms. The Hall–Kier alpha value is -5.86. The fraction of sp³-hybridized carbons (Fsp3) is 0.238. The topological polar surface area (TPSA) is 173 Å². The highest BCUT2D eigenvalue weighted by Crippen LogP contribution is 2.33. The Balaban J connectivity index is 0.000000190. The molecule has 0 spiro atoms. The fourth-order valence-corrected chi connectivity index (χ4v) is 8.76. The van der Waals surface area contributed by atoms with Gasteiger partial charge in [-0.2, -0.15) is 16.8 Å². The summed E-state index contributed by atoms with van der Waals surface area (Å²) in [5.41, 5.74) is 8.08. The highest BCUT2D eigenvalue weighted by molar-refractivity contribution is 7.92. The van der Waals surface area contributed by atoms with Crippen molar-refractivity contribution < 1.29 is 36.6 Å². The lowest BCUT2D eigenvalue weighted by atomic mass is 9.86. The standard InChI is InChI=1S/C22H20N2O4S.C20H24N2O4S/c25-21-14-17(10-13-20(21)24-15-22(26)23-29(24,27)28)7-6-16-8-11-19(12-9-16)18-4-2-1-3-5-18;1-20(2,3)16-9-6-14(7-10-16)4-5-15-8-11-17(18(23)12-15)22-13-19(24)21-27(22,25)26/h1-5,8-14,25H,6-7,15H2,(H,23,26);6-12,23H,4-5,13H2,1-3H3,(H,21,24). The third kappa shape index (κ3) is 9.50. The van der Waals surface area contributed by atoms with Crippen LogP contribution in [0, 0.1) is 0 Å². The van der Waals surface area contributed by atoms with Crippen LogP contribution in [-0.4, -0.2) is 52.0 Å². The minimum atomic E-state index is -3.93. The molecule has 2 heterocycles. The summed E-state index contributed by atoms with van der Waals surface area (Å²) in [6, 6.07) is 36.7. The van der Waals surface area contributed by atoms with Crippen LogP contribution in [0.1, 0.15) is 48.6 Å². The first kappa shape index (κ1) is 39.8. The monoisotopic (exact) mass is 796 g/mol. The number of nitrogens with zero attached hydrogens (tertiary/aromatic N) is 2. The lowest BCUT2D eigenvalue weighted by Crippen LogP contribution is -2.29. The van der Waals surface area contributed by atoms with Crippen LogP contribution in [0.2, 0.25) is 0 Å². The fourth-order valence-electron chi connectivity index (χ4n) is 6.44. The number of carbonyl (C=O) groups is 2. The van der Waals surface area contributed by atoms with E-state index >= 15 is 0 Å². The molecule has 2 fully saturated rings. The molecule has 0 atom stereocenters. The van der Waals surface area contributed by atoms with Crippen LogP contribution in [-0.2, 0) is 61.1 Å². The Morgan fingerprint density at radius 2 is 0.911 bits per heavy atom. The summed E-state index contributed by atoms with van der Waals surface area (Å²) < 4.78 is 53.2. The molecule has 0 bridgehead atoms. The largest absolute Gasteiger partial charge is 0.506 e. The number of hydrogen-bond acceptors (Lipinski definition) is 8. The van der Waals surface area contributed by atoms with Gasteiger partial charge in [0, 0.05) is 0 Å². The predicted octanol–water partition coefficient (Wildman–Crippen LogP) is 5.68. The zero-order chi connectivity index (χ0) is 40.3. The summed E-state index contributed by atoms with van der Waals surface area (Å²) in [7, 11) is -7.86. The predicted molar refractivity (Wildman–Crippen MR) is 217 cm³/mol. The van der Waals surface area contributed by atoms with Gasteiger partial charge in [0.25, 0.3) is 11.8 Å². The summed E-state index contributed by atoms with van der Waals surface area (Å²) in [5.74, 6) is -1.55. The Labute approximate surface area is 327 Å². The van der Waals surface area contributed by atoms with Gasteiger partial charge in [0.15, 0.2) is 0 Å². The zero-order valence-electron chi connectivity index (χ0n) is 31.3. The second-order valence-corrected chi connectivity index (χ2v) is 17.9. The SMILES string of the molecule is CC(C)(C)c1ccc(CCc2ccc(N3CC(=O)NS3(=O)=O)c(O)c2)cc1.O=C1CN(c2ccc(CCc3ccc(-c4ccccc4)cc3)cc2O)S(=O)(=O)N1. The summed E-state index contributed by atoms with van der Waals surface area (Å²) in [5, 5.41) is 20.5. The number of aromatic hydroxyl groups is 2. The van der Waals surface area contributed by atoms with Crippen LogP contribution in [0.25, 0.3) is 11.1 Å². The van der Waals surface area contributed by atoms with E-state index in [0.717, 1.165) is 38.1 Å².